The van der Waals surface area contributed by atoms with Crippen molar-refractivity contribution in [3.8, 4) is 11.5 Å². The Morgan fingerprint density at radius 2 is 2.00 bits per heavy atom. The molecular formula is C15H21NO2S. The Bertz CT molecular complexity index is 421. The molecule has 1 N–H and O–H groups in total. The summed E-state index contributed by atoms with van der Waals surface area (Å²) in [5.74, 6) is 2.94. The van der Waals surface area contributed by atoms with Gasteiger partial charge in [0.1, 0.15) is 0 Å². The molecule has 0 saturated heterocycles. The average Bonchev–Trinajstić information content (AvgIpc) is 3.24. The standard InChI is InChI=1S/C15H21NO2S/c1(7-16-12-3-4-12)10-19-13-5-6-14-15(11-13)18-9-2-8-17-14/h5-6,11-12,16H,1-4,7-10H2. The van der Waals surface area contributed by atoms with Crippen LogP contribution in [0.1, 0.15) is 25.7 Å². The van der Waals surface area contributed by atoms with Crippen LogP contribution in [0.3, 0.4) is 0 Å². The Morgan fingerprint density at radius 3 is 2.84 bits per heavy atom. The molecule has 1 saturated carbocycles. The van der Waals surface area contributed by atoms with E-state index in [9.17, 15) is 0 Å². The summed E-state index contributed by atoms with van der Waals surface area (Å²) in [5.41, 5.74) is 0. The first-order valence-corrected chi connectivity index (χ1v) is 8.16. The third-order valence-corrected chi connectivity index (χ3v) is 4.40. The van der Waals surface area contributed by atoms with Gasteiger partial charge in [0.2, 0.25) is 0 Å². The lowest BCUT2D eigenvalue weighted by Crippen LogP contribution is -2.17. The van der Waals surface area contributed by atoms with Crippen molar-refractivity contribution in [2.24, 2.45) is 0 Å². The maximum absolute atomic E-state index is 5.71. The molecule has 2 aliphatic rings. The summed E-state index contributed by atoms with van der Waals surface area (Å²) in [4.78, 5) is 1.27. The van der Waals surface area contributed by atoms with Crippen LogP contribution in [-0.2, 0) is 0 Å². The average molecular weight is 279 g/mol. The van der Waals surface area contributed by atoms with Gasteiger partial charge in [-0.05, 0) is 49.8 Å². The summed E-state index contributed by atoms with van der Waals surface area (Å²) in [6.07, 6.45) is 4.92. The first-order valence-electron chi connectivity index (χ1n) is 7.18. The third-order valence-electron chi connectivity index (χ3n) is 3.32. The first kappa shape index (κ1) is 13.1. The van der Waals surface area contributed by atoms with Crippen LogP contribution >= 0.6 is 11.8 Å². The smallest absolute Gasteiger partial charge is 0.162 e. The van der Waals surface area contributed by atoms with Crippen LogP contribution in [0.5, 0.6) is 11.5 Å². The zero-order chi connectivity index (χ0) is 12.9. The summed E-state index contributed by atoms with van der Waals surface area (Å²) in [6.45, 7) is 2.65. The summed E-state index contributed by atoms with van der Waals surface area (Å²) in [5, 5.41) is 3.54. The minimum absolute atomic E-state index is 0.756. The maximum Gasteiger partial charge on any atom is 0.162 e. The van der Waals surface area contributed by atoms with Crippen molar-refractivity contribution in [3.63, 3.8) is 0 Å². The van der Waals surface area contributed by atoms with Crippen molar-refractivity contribution < 1.29 is 9.47 Å². The van der Waals surface area contributed by atoms with Gasteiger partial charge in [-0.15, -0.1) is 11.8 Å². The van der Waals surface area contributed by atoms with Crippen LogP contribution < -0.4 is 14.8 Å². The van der Waals surface area contributed by atoms with Gasteiger partial charge in [-0.25, -0.2) is 0 Å². The van der Waals surface area contributed by atoms with Gasteiger partial charge in [0.15, 0.2) is 11.5 Å². The molecule has 104 valence electrons. The fraction of sp³-hybridized carbons (Fsp3) is 0.600. The molecule has 1 aromatic rings. The van der Waals surface area contributed by atoms with E-state index in [0.29, 0.717) is 0 Å². The van der Waals surface area contributed by atoms with Gasteiger partial charge in [0.05, 0.1) is 13.2 Å². The largest absolute Gasteiger partial charge is 0.490 e. The zero-order valence-electron chi connectivity index (χ0n) is 11.2. The Kier molecular flexibility index (Phi) is 4.51. The molecule has 1 aliphatic heterocycles. The maximum atomic E-state index is 5.71. The fourth-order valence-electron chi connectivity index (χ4n) is 2.09. The van der Waals surface area contributed by atoms with E-state index in [0.717, 1.165) is 49.5 Å². The SMILES string of the molecule is c1cc2c(cc1SCCCNC1CC1)OCCCO2. The predicted molar refractivity (Wildman–Crippen MR) is 78.4 cm³/mol. The van der Waals surface area contributed by atoms with Gasteiger partial charge in [-0.2, -0.15) is 0 Å². The second-order valence-electron chi connectivity index (χ2n) is 5.09. The lowest BCUT2D eigenvalue weighted by molar-refractivity contribution is 0.297. The molecule has 0 unspecified atom stereocenters. The van der Waals surface area contributed by atoms with Crippen LogP contribution in [0.2, 0.25) is 0 Å². The minimum Gasteiger partial charge on any atom is -0.490 e. The van der Waals surface area contributed by atoms with Crippen molar-refractivity contribution in [2.45, 2.75) is 36.6 Å². The van der Waals surface area contributed by atoms with Crippen LogP contribution in [0.25, 0.3) is 0 Å². The molecule has 1 aromatic carbocycles. The van der Waals surface area contributed by atoms with E-state index in [1.807, 2.05) is 17.8 Å². The van der Waals surface area contributed by atoms with Gasteiger partial charge < -0.3 is 14.8 Å². The highest BCUT2D eigenvalue weighted by molar-refractivity contribution is 7.99. The van der Waals surface area contributed by atoms with Crippen LogP contribution in [0.15, 0.2) is 23.1 Å². The van der Waals surface area contributed by atoms with Gasteiger partial charge in [-0.3, -0.25) is 0 Å². The Morgan fingerprint density at radius 1 is 1.16 bits per heavy atom. The highest BCUT2D eigenvalue weighted by Crippen LogP contribution is 2.34. The number of hydrogen-bond donors (Lipinski definition) is 1. The normalized spacial score (nSPS) is 18.1. The van der Waals surface area contributed by atoms with E-state index in [1.54, 1.807) is 0 Å². The summed E-state index contributed by atoms with van der Waals surface area (Å²) >= 11 is 1.90. The first-order chi connectivity index (χ1) is 9.42. The van der Waals surface area contributed by atoms with Crippen molar-refractivity contribution in [1.82, 2.24) is 5.32 Å². The lowest BCUT2D eigenvalue weighted by atomic mass is 10.3. The molecule has 1 heterocycles. The molecular weight excluding hydrogens is 258 g/mol. The molecule has 1 fully saturated rings. The molecule has 0 spiro atoms. The molecule has 3 rings (SSSR count). The van der Waals surface area contributed by atoms with E-state index in [-0.39, 0.29) is 0 Å². The van der Waals surface area contributed by atoms with E-state index in [4.69, 9.17) is 9.47 Å². The van der Waals surface area contributed by atoms with E-state index >= 15 is 0 Å². The minimum atomic E-state index is 0.756. The summed E-state index contributed by atoms with van der Waals surface area (Å²) in [7, 11) is 0. The topological polar surface area (TPSA) is 30.5 Å². The van der Waals surface area contributed by atoms with E-state index in [1.165, 1.54) is 24.2 Å². The summed E-state index contributed by atoms with van der Waals surface area (Å²) in [6, 6.07) is 7.10. The van der Waals surface area contributed by atoms with Crippen LogP contribution in [-0.4, -0.2) is 31.6 Å². The number of benzene rings is 1. The summed E-state index contributed by atoms with van der Waals surface area (Å²) < 4.78 is 11.3. The Balaban J connectivity index is 1.45. The molecule has 3 nitrogen and oxygen atoms in total. The fourth-order valence-corrected chi connectivity index (χ4v) is 2.97. The molecule has 4 heteroatoms. The molecule has 0 aromatic heterocycles. The van der Waals surface area contributed by atoms with Gasteiger partial charge in [-0.1, -0.05) is 0 Å². The van der Waals surface area contributed by atoms with E-state index in [2.05, 4.69) is 17.4 Å². The molecule has 0 radical (unpaired) electrons. The third kappa shape index (κ3) is 4.05. The highest BCUT2D eigenvalue weighted by atomic mass is 32.2. The Hall–Kier alpha value is -0.870. The predicted octanol–water partition coefficient (Wildman–Crippen LogP) is 3.08. The molecule has 0 bridgehead atoms. The monoisotopic (exact) mass is 279 g/mol. The number of ether oxygens (including phenoxy) is 2. The van der Waals surface area contributed by atoms with Crippen molar-refractivity contribution >= 4 is 11.8 Å². The van der Waals surface area contributed by atoms with Crippen LogP contribution in [0, 0.1) is 0 Å². The number of nitrogens with one attached hydrogen (secondary N) is 1. The number of fused-ring (bicyclic) bond motifs is 1. The number of rotatable bonds is 6. The van der Waals surface area contributed by atoms with Crippen molar-refractivity contribution in [3.05, 3.63) is 18.2 Å². The number of hydrogen-bond acceptors (Lipinski definition) is 4. The molecule has 1 aliphatic carbocycles. The van der Waals surface area contributed by atoms with Gasteiger partial charge >= 0.3 is 0 Å². The van der Waals surface area contributed by atoms with Crippen molar-refractivity contribution in [2.75, 3.05) is 25.5 Å². The molecule has 19 heavy (non-hydrogen) atoms. The second-order valence-corrected chi connectivity index (χ2v) is 6.26. The van der Waals surface area contributed by atoms with Gasteiger partial charge in [0.25, 0.3) is 0 Å². The zero-order valence-corrected chi connectivity index (χ0v) is 12.0. The lowest BCUT2D eigenvalue weighted by Gasteiger charge is -2.09. The molecule has 0 atom stereocenters. The quantitative estimate of drug-likeness (QED) is 0.640. The van der Waals surface area contributed by atoms with Crippen LogP contribution in [0.4, 0.5) is 0 Å². The molecule has 0 amide bonds. The Labute approximate surface area is 119 Å². The highest BCUT2D eigenvalue weighted by Gasteiger charge is 2.19. The second kappa shape index (κ2) is 6.53. The van der Waals surface area contributed by atoms with Crippen molar-refractivity contribution in [1.29, 1.82) is 0 Å². The van der Waals surface area contributed by atoms with Gasteiger partial charge in [0, 0.05) is 17.4 Å². The number of thioether (sulfide) groups is 1. The van der Waals surface area contributed by atoms with E-state index < -0.39 is 0 Å².